The van der Waals surface area contributed by atoms with Crippen LogP contribution >= 0.6 is 15.9 Å². The molecule has 0 aliphatic heterocycles. The lowest BCUT2D eigenvalue weighted by molar-refractivity contribution is 0.102. The summed E-state index contributed by atoms with van der Waals surface area (Å²) in [5.74, 6) is -1.06. The molecule has 3 nitrogen and oxygen atoms in total. The largest absolute Gasteiger partial charge is 0.321 e. The molecule has 1 amide bonds. The minimum atomic E-state index is -0.561. The molecule has 21 heavy (non-hydrogen) atoms. The zero-order valence-electron chi connectivity index (χ0n) is 10.8. The van der Waals surface area contributed by atoms with Crippen molar-refractivity contribution in [2.45, 2.75) is 0 Å². The number of amides is 1. The van der Waals surface area contributed by atoms with Gasteiger partial charge in [-0.1, -0.05) is 22.0 Å². The summed E-state index contributed by atoms with van der Waals surface area (Å²) in [6.07, 6.45) is 1.68. The first-order valence-electron chi connectivity index (χ1n) is 6.25. The van der Waals surface area contributed by atoms with Crippen LogP contribution in [0.1, 0.15) is 10.4 Å². The maximum absolute atomic E-state index is 13.7. The van der Waals surface area contributed by atoms with E-state index in [4.69, 9.17) is 0 Å². The summed E-state index contributed by atoms with van der Waals surface area (Å²) >= 11 is 3.23. The molecule has 0 radical (unpaired) electrons. The number of benzene rings is 2. The number of anilines is 1. The second-order valence-electron chi connectivity index (χ2n) is 4.45. The minimum absolute atomic E-state index is 0.00901. The molecule has 5 heteroatoms. The molecule has 1 aromatic heterocycles. The summed E-state index contributed by atoms with van der Waals surface area (Å²) in [6, 6.07) is 13.3. The van der Waals surface area contributed by atoms with Crippen LogP contribution in [0.4, 0.5) is 10.1 Å². The fraction of sp³-hybridized carbons (Fsp3) is 0. The maximum Gasteiger partial charge on any atom is 0.258 e. The number of hydrogen-bond acceptors (Lipinski definition) is 2. The lowest BCUT2D eigenvalue weighted by atomic mass is 10.1. The van der Waals surface area contributed by atoms with Gasteiger partial charge in [-0.3, -0.25) is 9.78 Å². The summed E-state index contributed by atoms with van der Waals surface area (Å²) in [5, 5.41) is 3.54. The number of carbonyl (C=O) groups is 1. The van der Waals surface area contributed by atoms with E-state index in [2.05, 4.69) is 26.2 Å². The van der Waals surface area contributed by atoms with E-state index in [1.807, 2.05) is 12.1 Å². The van der Waals surface area contributed by atoms with E-state index in [1.54, 1.807) is 30.5 Å². The number of nitrogens with zero attached hydrogens (tertiary/aromatic N) is 1. The van der Waals surface area contributed by atoms with Crippen LogP contribution in [-0.4, -0.2) is 10.9 Å². The fourth-order valence-corrected chi connectivity index (χ4v) is 2.43. The molecule has 0 saturated carbocycles. The average Bonchev–Trinajstić information content (AvgIpc) is 2.50. The summed E-state index contributed by atoms with van der Waals surface area (Å²) < 4.78 is 14.4. The number of halogens is 2. The Labute approximate surface area is 128 Å². The van der Waals surface area contributed by atoms with Crippen molar-refractivity contribution in [3.8, 4) is 0 Å². The molecule has 2 aromatic carbocycles. The number of aromatic nitrogens is 1. The van der Waals surface area contributed by atoms with Gasteiger partial charge in [0.25, 0.3) is 5.91 Å². The second-order valence-corrected chi connectivity index (χ2v) is 5.37. The van der Waals surface area contributed by atoms with Crippen LogP contribution in [0, 0.1) is 5.82 Å². The molecule has 0 aliphatic rings. The van der Waals surface area contributed by atoms with Crippen molar-refractivity contribution in [1.29, 1.82) is 0 Å². The minimum Gasteiger partial charge on any atom is -0.321 e. The third-order valence-corrected chi connectivity index (χ3v) is 3.56. The van der Waals surface area contributed by atoms with E-state index < -0.39 is 11.7 Å². The standard InChI is InChI=1S/C16H10BrFN2O/c17-10-6-7-13(18)12(9-10)16(21)20-15-5-1-4-14-11(15)3-2-8-19-14/h1-9H,(H,20,21). The predicted octanol–water partition coefficient (Wildman–Crippen LogP) is 4.39. The highest BCUT2D eigenvalue weighted by Crippen LogP contribution is 2.23. The third kappa shape index (κ3) is 2.78. The molecule has 0 spiro atoms. The molecular weight excluding hydrogens is 335 g/mol. The topological polar surface area (TPSA) is 42.0 Å². The monoisotopic (exact) mass is 344 g/mol. The second kappa shape index (κ2) is 5.61. The van der Waals surface area contributed by atoms with Crippen molar-refractivity contribution in [3.05, 3.63) is 70.6 Å². The third-order valence-electron chi connectivity index (χ3n) is 3.07. The summed E-state index contributed by atoms with van der Waals surface area (Å²) in [7, 11) is 0. The summed E-state index contributed by atoms with van der Waals surface area (Å²) in [4.78, 5) is 16.5. The zero-order chi connectivity index (χ0) is 14.8. The van der Waals surface area contributed by atoms with Crippen LogP contribution in [0.5, 0.6) is 0 Å². The highest BCUT2D eigenvalue weighted by molar-refractivity contribution is 9.10. The number of nitrogens with one attached hydrogen (secondary N) is 1. The highest BCUT2D eigenvalue weighted by atomic mass is 79.9. The van der Waals surface area contributed by atoms with Crippen molar-refractivity contribution in [2.75, 3.05) is 5.32 Å². The molecule has 3 rings (SSSR count). The van der Waals surface area contributed by atoms with Gasteiger partial charge >= 0.3 is 0 Å². The molecule has 3 aromatic rings. The first-order valence-corrected chi connectivity index (χ1v) is 7.04. The van der Waals surface area contributed by atoms with Crippen LogP contribution < -0.4 is 5.32 Å². The van der Waals surface area contributed by atoms with Crippen LogP contribution in [-0.2, 0) is 0 Å². The van der Waals surface area contributed by atoms with Crippen molar-refractivity contribution >= 4 is 38.4 Å². The molecule has 1 heterocycles. The van der Waals surface area contributed by atoms with E-state index >= 15 is 0 Å². The Morgan fingerprint density at radius 2 is 2.00 bits per heavy atom. The van der Waals surface area contributed by atoms with Gasteiger partial charge in [0, 0.05) is 16.1 Å². The first kappa shape index (κ1) is 13.7. The fourth-order valence-electron chi connectivity index (χ4n) is 2.07. The van der Waals surface area contributed by atoms with Crippen molar-refractivity contribution in [1.82, 2.24) is 4.98 Å². The Balaban J connectivity index is 1.99. The predicted molar refractivity (Wildman–Crippen MR) is 83.8 cm³/mol. The molecule has 104 valence electrons. The Bertz CT molecular complexity index is 830. The Morgan fingerprint density at radius 3 is 2.86 bits per heavy atom. The number of pyridine rings is 1. The quantitative estimate of drug-likeness (QED) is 0.749. The van der Waals surface area contributed by atoms with Gasteiger partial charge in [-0.25, -0.2) is 4.39 Å². The van der Waals surface area contributed by atoms with Gasteiger partial charge in [0.05, 0.1) is 16.8 Å². The van der Waals surface area contributed by atoms with Crippen LogP contribution in [0.15, 0.2) is 59.2 Å². The number of fused-ring (bicyclic) bond motifs is 1. The Hall–Kier alpha value is -2.27. The molecule has 0 aliphatic carbocycles. The van der Waals surface area contributed by atoms with Gasteiger partial charge in [-0.2, -0.15) is 0 Å². The van der Waals surface area contributed by atoms with Crippen molar-refractivity contribution in [2.24, 2.45) is 0 Å². The van der Waals surface area contributed by atoms with Gasteiger partial charge < -0.3 is 5.32 Å². The van der Waals surface area contributed by atoms with Gasteiger partial charge in [-0.05, 0) is 42.5 Å². The van der Waals surface area contributed by atoms with E-state index in [1.165, 1.54) is 12.1 Å². The maximum atomic E-state index is 13.7. The van der Waals surface area contributed by atoms with Crippen LogP contribution in [0.2, 0.25) is 0 Å². The zero-order valence-corrected chi connectivity index (χ0v) is 12.4. The lowest BCUT2D eigenvalue weighted by Crippen LogP contribution is -2.14. The van der Waals surface area contributed by atoms with E-state index in [-0.39, 0.29) is 5.56 Å². The molecule has 0 saturated heterocycles. The number of rotatable bonds is 2. The number of hydrogen-bond donors (Lipinski definition) is 1. The Kier molecular flexibility index (Phi) is 3.66. The molecule has 0 atom stereocenters. The number of carbonyl (C=O) groups excluding carboxylic acids is 1. The van der Waals surface area contributed by atoms with E-state index in [0.717, 1.165) is 10.9 Å². The summed E-state index contributed by atoms with van der Waals surface area (Å²) in [5.41, 5.74) is 1.36. The van der Waals surface area contributed by atoms with Crippen LogP contribution in [0.3, 0.4) is 0 Å². The van der Waals surface area contributed by atoms with E-state index in [9.17, 15) is 9.18 Å². The first-order chi connectivity index (χ1) is 10.1. The summed E-state index contributed by atoms with van der Waals surface area (Å²) in [6.45, 7) is 0. The van der Waals surface area contributed by atoms with Crippen molar-refractivity contribution in [3.63, 3.8) is 0 Å². The molecular formula is C16H10BrFN2O. The van der Waals surface area contributed by atoms with Crippen molar-refractivity contribution < 1.29 is 9.18 Å². The normalized spacial score (nSPS) is 10.6. The van der Waals surface area contributed by atoms with Gasteiger partial charge in [0.1, 0.15) is 5.82 Å². The molecule has 1 N–H and O–H groups in total. The van der Waals surface area contributed by atoms with Gasteiger partial charge in [0.2, 0.25) is 0 Å². The highest BCUT2D eigenvalue weighted by Gasteiger charge is 2.13. The lowest BCUT2D eigenvalue weighted by Gasteiger charge is -2.09. The van der Waals surface area contributed by atoms with E-state index in [0.29, 0.717) is 10.2 Å². The SMILES string of the molecule is O=C(Nc1cccc2ncccc12)c1cc(Br)ccc1F. The Morgan fingerprint density at radius 1 is 1.14 bits per heavy atom. The van der Waals surface area contributed by atoms with Gasteiger partial charge in [-0.15, -0.1) is 0 Å². The van der Waals surface area contributed by atoms with Gasteiger partial charge in [0.15, 0.2) is 0 Å². The van der Waals surface area contributed by atoms with Crippen LogP contribution in [0.25, 0.3) is 10.9 Å². The molecule has 0 unspecified atom stereocenters. The average molecular weight is 345 g/mol. The molecule has 0 bridgehead atoms. The smallest absolute Gasteiger partial charge is 0.258 e. The molecule has 0 fully saturated rings.